The monoisotopic (exact) mass is 274 g/mol. The molecule has 1 fully saturated rings. The van der Waals surface area contributed by atoms with E-state index in [4.69, 9.17) is 0 Å². The summed E-state index contributed by atoms with van der Waals surface area (Å²) in [4.78, 5) is 14.3. The predicted octanol–water partition coefficient (Wildman–Crippen LogP) is 2.73. The van der Waals surface area contributed by atoms with Crippen LogP contribution >= 0.6 is 0 Å². The molecule has 1 atom stereocenters. The maximum atomic E-state index is 11.9. The van der Waals surface area contributed by atoms with Crippen molar-refractivity contribution in [1.29, 1.82) is 0 Å². The molecule has 110 valence electrons. The average molecular weight is 274 g/mol. The first-order valence-corrected chi connectivity index (χ1v) is 7.68. The summed E-state index contributed by atoms with van der Waals surface area (Å²) in [7, 11) is 0. The number of hydrogen-bond donors (Lipinski definition) is 1. The van der Waals surface area contributed by atoms with Gasteiger partial charge in [0.2, 0.25) is 5.91 Å². The third-order valence-electron chi connectivity index (χ3n) is 3.97. The Morgan fingerprint density at radius 3 is 3.05 bits per heavy atom. The molecule has 1 unspecified atom stereocenters. The van der Waals surface area contributed by atoms with E-state index in [-0.39, 0.29) is 5.91 Å². The van der Waals surface area contributed by atoms with Crippen LogP contribution in [0.3, 0.4) is 0 Å². The lowest BCUT2D eigenvalue weighted by Crippen LogP contribution is -2.37. The summed E-state index contributed by atoms with van der Waals surface area (Å²) in [6.07, 6.45) is 3.21. The second-order valence-corrected chi connectivity index (χ2v) is 6.06. The molecule has 1 heterocycles. The first-order valence-electron chi connectivity index (χ1n) is 7.68. The van der Waals surface area contributed by atoms with Crippen LogP contribution < -0.4 is 5.32 Å². The number of nitrogens with one attached hydrogen (secondary N) is 1. The van der Waals surface area contributed by atoms with Gasteiger partial charge >= 0.3 is 0 Å². The number of aryl methyl sites for hydroxylation is 1. The largest absolute Gasteiger partial charge is 0.352 e. The van der Waals surface area contributed by atoms with Crippen LogP contribution in [0.4, 0.5) is 0 Å². The Morgan fingerprint density at radius 2 is 2.30 bits per heavy atom. The molecule has 1 amide bonds. The zero-order valence-corrected chi connectivity index (χ0v) is 12.7. The van der Waals surface area contributed by atoms with Gasteiger partial charge in [0, 0.05) is 26.1 Å². The molecular weight excluding hydrogens is 248 g/mol. The van der Waals surface area contributed by atoms with Crippen LogP contribution in [0, 0.1) is 12.8 Å². The fraction of sp³-hybridized carbons (Fsp3) is 0.588. The summed E-state index contributed by atoms with van der Waals surface area (Å²) in [5, 5.41) is 3.01. The predicted molar refractivity (Wildman–Crippen MR) is 82.5 cm³/mol. The molecule has 1 aromatic rings. The van der Waals surface area contributed by atoms with E-state index in [9.17, 15) is 4.79 Å². The van der Waals surface area contributed by atoms with Crippen molar-refractivity contribution in [1.82, 2.24) is 10.2 Å². The van der Waals surface area contributed by atoms with Gasteiger partial charge in [0.15, 0.2) is 0 Å². The summed E-state index contributed by atoms with van der Waals surface area (Å²) < 4.78 is 0. The van der Waals surface area contributed by atoms with Crippen molar-refractivity contribution >= 4 is 5.91 Å². The Hall–Kier alpha value is -1.35. The number of carbonyl (C=O) groups excluding carboxylic acids is 1. The molecule has 1 aromatic carbocycles. The van der Waals surface area contributed by atoms with Gasteiger partial charge in [-0.05, 0) is 37.8 Å². The van der Waals surface area contributed by atoms with E-state index in [1.165, 1.54) is 24.0 Å². The Labute approximate surface area is 122 Å². The van der Waals surface area contributed by atoms with E-state index in [0.717, 1.165) is 25.6 Å². The Balaban J connectivity index is 1.67. The molecular formula is C17H26N2O. The van der Waals surface area contributed by atoms with Crippen LogP contribution in [0.25, 0.3) is 0 Å². The fourth-order valence-corrected chi connectivity index (χ4v) is 2.86. The Kier molecular flexibility index (Phi) is 5.60. The number of hydrogen-bond acceptors (Lipinski definition) is 2. The van der Waals surface area contributed by atoms with E-state index >= 15 is 0 Å². The second kappa shape index (κ2) is 7.44. The van der Waals surface area contributed by atoms with Crippen LogP contribution in [-0.4, -0.2) is 30.4 Å². The van der Waals surface area contributed by atoms with E-state index in [1.807, 2.05) is 6.07 Å². The van der Waals surface area contributed by atoms with E-state index < -0.39 is 0 Å². The highest BCUT2D eigenvalue weighted by Gasteiger charge is 2.16. The summed E-state index contributed by atoms with van der Waals surface area (Å²) in [5.74, 6) is 0.934. The maximum absolute atomic E-state index is 11.9. The van der Waals surface area contributed by atoms with Gasteiger partial charge in [-0.3, -0.25) is 4.79 Å². The van der Waals surface area contributed by atoms with Crippen molar-refractivity contribution in [3.05, 3.63) is 35.4 Å². The van der Waals surface area contributed by atoms with E-state index in [2.05, 4.69) is 42.3 Å². The highest BCUT2D eigenvalue weighted by Crippen LogP contribution is 2.15. The van der Waals surface area contributed by atoms with Crippen LogP contribution in [0.1, 0.15) is 37.3 Å². The lowest BCUT2D eigenvalue weighted by Gasteiger charge is -2.30. The molecule has 3 nitrogen and oxygen atoms in total. The molecule has 1 aliphatic heterocycles. The average Bonchev–Trinajstić information content (AvgIpc) is 2.43. The van der Waals surface area contributed by atoms with Gasteiger partial charge in [-0.2, -0.15) is 0 Å². The Bertz CT molecular complexity index is 444. The third kappa shape index (κ3) is 4.97. The van der Waals surface area contributed by atoms with E-state index in [1.54, 1.807) is 0 Å². The lowest BCUT2D eigenvalue weighted by atomic mass is 10.0. The highest BCUT2D eigenvalue weighted by molar-refractivity contribution is 5.76. The van der Waals surface area contributed by atoms with Crippen LogP contribution in [0.5, 0.6) is 0 Å². The summed E-state index contributed by atoms with van der Waals surface area (Å²) in [6, 6.07) is 8.28. The first-order chi connectivity index (χ1) is 9.63. The molecule has 1 saturated heterocycles. The van der Waals surface area contributed by atoms with Crippen molar-refractivity contribution in [2.45, 2.75) is 39.7 Å². The van der Waals surface area contributed by atoms with Crippen molar-refractivity contribution in [2.24, 2.45) is 5.92 Å². The molecule has 0 spiro atoms. The van der Waals surface area contributed by atoms with Crippen LogP contribution in [0.15, 0.2) is 24.3 Å². The van der Waals surface area contributed by atoms with Crippen molar-refractivity contribution in [2.75, 3.05) is 19.6 Å². The number of piperidine rings is 1. The summed E-state index contributed by atoms with van der Waals surface area (Å²) >= 11 is 0. The maximum Gasteiger partial charge on any atom is 0.221 e. The quantitative estimate of drug-likeness (QED) is 0.895. The van der Waals surface area contributed by atoms with Crippen molar-refractivity contribution in [3.8, 4) is 0 Å². The minimum absolute atomic E-state index is 0.157. The molecule has 2 rings (SSSR count). The topological polar surface area (TPSA) is 32.3 Å². The van der Waals surface area contributed by atoms with Gasteiger partial charge in [-0.25, -0.2) is 0 Å². The zero-order chi connectivity index (χ0) is 14.4. The van der Waals surface area contributed by atoms with Gasteiger partial charge in [0.1, 0.15) is 0 Å². The molecule has 1 N–H and O–H groups in total. The summed E-state index contributed by atoms with van der Waals surface area (Å²) in [6.45, 7) is 8.19. The molecule has 20 heavy (non-hydrogen) atoms. The third-order valence-corrected chi connectivity index (χ3v) is 3.97. The number of rotatable bonds is 5. The second-order valence-electron chi connectivity index (χ2n) is 6.06. The van der Waals surface area contributed by atoms with Gasteiger partial charge in [-0.1, -0.05) is 36.8 Å². The van der Waals surface area contributed by atoms with Gasteiger partial charge < -0.3 is 10.2 Å². The SMILES string of the molecule is Cc1cccc(CNC(=O)CCN2CCCC(C)C2)c1. The smallest absolute Gasteiger partial charge is 0.221 e. The molecule has 0 radical (unpaired) electrons. The van der Waals surface area contributed by atoms with Crippen LogP contribution in [0.2, 0.25) is 0 Å². The fourth-order valence-electron chi connectivity index (χ4n) is 2.86. The number of carbonyl (C=O) groups is 1. The molecule has 0 aliphatic carbocycles. The highest BCUT2D eigenvalue weighted by atomic mass is 16.1. The Morgan fingerprint density at radius 1 is 1.45 bits per heavy atom. The normalized spacial score (nSPS) is 19.8. The number of amides is 1. The zero-order valence-electron chi connectivity index (χ0n) is 12.7. The minimum atomic E-state index is 0.157. The molecule has 0 bridgehead atoms. The molecule has 1 aliphatic rings. The lowest BCUT2D eigenvalue weighted by molar-refractivity contribution is -0.121. The van der Waals surface area contributed by atoms with Gasteiger partial charge in [0.25, 0.3) is 0 Å². The summed E-state index contributed by atoms with van der Waals surface area (Å²) in [5.41, 5.74) is 2.41. The van der Waals surface area contributed by atoms with Crippen molar-refractivity contribution in [3.63, 3.8) is 0 Å². The molecule has 0 aromatic heterocycles. The van der Waals surface area contributed by atoms with Gasteiger partial charge in [-0.15, -0.1) is 0 Å². The molecule has 0 saturated carbocycles. The van der Waals surface area contributed by atoms with E-state index in [0.29, 0.717) is 13.0 Å². The first kappa shape index (κ1) is 15.0. The van der Waals surface area contributed by atoms with Crippen molar-refractivity contribution < 1.29 is 4.79 Å². The number of benzene rings is 1. The minimum Gasteiger partial charge on any atom is -0.352 e. The molecule has 3 heteroatoms. The number of likely N-dealkylation sites (tertiary alicyclic amines) is 1. The standard InChI is InChI=1S/C17H26N2O/c1-14-5-3-7-16(11-14)12-18-17(20)8-10-19-9-4-6-15(2)13-19/h3,5,7,11,15H,4,6,8-10,12-13H2,1-2H3,(H,18,20). The number of nitrogens with zero attached hydrogens (tertiary/aromatic N) is 1. The van der Waals surface area contributed by atoms with Gasteiger partial charge in [0.05, 0.1) is 0 Å². The van der Waals surface area contributed by atoms with Crippen LogP contribution in [-0.2, 0) is 11.3 Å².